The third-order valence-corrected chi connectivity index (χ3v) is 4.99. The SMILES string of the molecule is O=C(NCc1ccccc1OC(F)F)c1ccc2[nH]c3c(c2c1)CCCC3. The van der Waals surface area contributed by atoms with E-state index in [-0.39, 0.29) is 18.2 Å². The van der Waals surface area contributed by atoms with Gasteiger partial charge in [-0.05, 0) is 55.5 Å². The number of halogens is 2. The Morgan fingerprint density at radius 2 is 1.96 bits per heavy atom. The second kappa shape index (κ2) is 7.39. The summed E-state index contributed by atoms with van der Waals surface area (Å²) in [5.41, 5.74) is 4.69. The minimum atomic E-state index is -2.90. The number of aromatic amines is 1. The van der Waals surface area contributed by atoms with Gasteiger partial charge in [0.1, 0.15) is 5.75 Å². The molecule has 0 unspecified atom stereocenters. The summed E-state index contributed by atoms with van der Waals surface area (Å²) < 4.78 is 29.5. The van der Waals surface area contributed by atoms with Gasteiger partial charge in [0.2, 0.25) is 0 Å². The molecule has 0 bridgehead atoms. The Morgan fingerprint density at radius 1 is 1.15 bits per heavy atom. The second-order valence-electron chi connectivity index (χ2n) is 6.72. The molecule has 4 rings (SSSR count). The van der Waals surface area contributed by atoms with Crippen molar-refractivity contribution in [2.75, 3.05) is 0 Å². The van der Waals surface area contributed by atoms with Crippen molar-refractivity contribution in [3.05, 3.63) is 64.8 Å². The maximum absolute atomic E-state index is 12.6. The van der Waals surface area contributed by atoms with E-state index in [1.54, 1.807) is 24.3 Å². The fourth-order valence-corrected chi connectivity index (χ4v) is 3.69. The number of amides is 1. The molecule has 2 aromatic carbocycles. The molecule has 4 nitrogen and oxygen atoms in total. The molecule has 27 heavy (non-hydrogen) atoms. The van der Waals surface area contributed by atoms with Crippen LogP contribution in [-0.2, 0) is 19.4 Å². The maximum Gasteiger partial charge on any atom is 0.387 e. The van der Waals surface area contributed by atoms with Gasteiger partial charge in [-0.3, -0.25) is 4.79 Å². The number of alkyl halides is 2. The van der Waals surface area contributed by atoms with E-state index in [4.69, 9.17) is 0 Å². The average molecular weight is 370 g/mol. The number of benzene rings is 2. The zero-order valence-corrected chi connectivity index (χ0v) is 14.7. The number of carbonyl (C=O) groups excluding carboxylic acids is 1. The van der Waals surface area contributed by atoms with Gasteiger partial charge in [-0.25, -0.2) is 0 Å². The number of H-pyrrole nitrogens is 1. The first-order valence-corrected chi connectivity index (χ1v) is 9.06. The van der Waals surface area contributed by atoms with Gasteiger partial charge < -0.3 is 15.0 Å². The van der Waals surface area contributed by atoms with E-state index in [1.165, 1.54) is 23.7 Å². The summed E-state index contributed by atoms with van der Waals surface area (Å²) in [4.78, 5) is 16.0. The maximum atomic E-state index is 12.6. The quantitative estimate of drug-likeness (QED) is 0.691. The van der Waals surface area contributed by atoms with Gasteiger partial charge >= 0.3 is 6.61 Å². The smallest absolute Gasteiger partial charge is 0.387 e. The van der Waals surface area contributed by atoms with Crippen LogP contribution in [0.2, 0.25) is 0 Å². The normalized spacial score (nSPS) is 13.6. The predicted molar refractivity (Wildman–Crippen MR) is 99.2 cm³/mol. The molecule has 1 amide bonds. The van der Waals surface area contributed by atoms with Crippen molar-refractivity contribution in [2.45, 2.75) is 38.8 Å². The molecule has 0 saturated heterocycles. The number of nitrogens with one attached hydrogen (secondary N) is 2. The highest BCUT2D eigenvalue weighted by molar-refractivity contribution is 5.99. The van der Waals surface area contributed by atoms with E-state index in [1.807, 2.05) is 12.1 Å². The highest BCUT2D eigenvalue weighted by Gasteiger charge is 2.17. The first-order chi connectivity index (χ1) is 13.1. The van der Waals surface area contributed by atoms with Gasteiger partial charge in [0.05, 0.1) is 0 Å². The predicted octanol–water partition coefficient (Wildman–Crippen LogP) is 4.58. The molecule has 2 N–H and O–H groups in total. The van der Waals surface area contributed by atoms with Crippen molar-refractivity contribution in [2.24, 2.45) is 0 Å². The minimum Gasteiger partial charge on any atom is -0.434 e. The topological polar surface area (TPSA) is 54.1 Å². The van der Waals surface area contributed by atoms with Crippen LogP contribution in [-0.4, -0.2) is 17.5 Å². The molecule has 0 spiro atoms. The van der Waals surface area contributed by atoms with Crippen LogP contribution in [0.25, 0.3) is 10.9 Å². The lowest BCUT2D eigenvalue weighted by atomic mass is 9.95. The van der Waals surface area contributed by atoms with Crippen LogP contribution in [0.3, 0.4) is 0 Å². The van der Waals surface area contributed by atoms with Crippen LogP contribution in [0.4, 0.5) is 8.78 Å². The van der Waals surface area contributed by atoms with Gasteiger partial charge in [0.15, 0.2) is 0 Å². The number of aryl methyl sites for hydroxylation is 2. The largest absolute Gasteiger partial charge is 0.434 e. The molecule has 3 aromatic rings. The number of aromatic nitrogens is 1. The molecular weight excluding hydrogens is 350 g/mol. The third-order valence-electron chi connectivity index (χ3n) is 4.99. The molecule has 0 fully saturated rings. The van der Waals surface area contributed by atoms with Crippen LogP contribution in [0, 0.1) is 0 Å². The molecule has 0 saturated carbocycles. The Balaban J connectivity index is 1.52. The fourth-order valence-electron chi connectivity index (χ4n) is 3.69. The second-order valence-corrected chi connectivity index (χ2v) is 6.72. The summed E-state index contributed by atoms with van der Waals surface area (Å²) in [5.74, 6) is -0.169. The number of carbonyl (C=O) groups is 1. The minimum absolute atomic E-state index is 0.0722. The number of ether oxygens (including phenoxy) is 1. The molecule has 1 aromatic heterocycles. The van der Waals surface area contributed by atoms with Crippen molar-refractivity contribution >= 4 is 16.8 Å². The molecule has 1 aliphatic rings. The molecular formula is C21H20F2N2O2. The number of hydrogen-bond donors (Lipinski definition) is 2. The van der Waals surface area contributed by atoms with Gasteiger partial charge in [-0.1, -0.05) is 18.2 Å². The summed E-state index contributed by atoms with van der Waals surface area (Å²) in [6.45, 7) is -2.78. The zero-order chi connectivity index (χ0) is 18.8. The number of rotatable bonds is 5. The first-order valence-electron chi connectivity index (χ1n) is 9.06. The molecule has 140 valence electrons. The first kappa shape index (κ1) is 17.5. The summed E-state index contributed by atoms with van der Waals surface area (Å²) >= 11 is 0. The zero-order valence-electron chi connectivity index (χ0n) is 14.7. The summed E-state index contributed by atoms with van der Waals surface area (Å²) in [7, 11) is 0. The molecule has 0 radical (unpaired) electrons. The van der Waals surface area contributed by atoms with Crippen LogP contribution >= 0.6 is 0 Å². The van der Waals surface area contributed by atoms with Crippen LogP contribution in [0.1, 0.15) is 40.0 Å². The molecule has 6 heteroatoms. The van der Waals surface area contributed by atoms with E-state index in [0.29, 0.717) is 11.1 Å². The monoisotopic (exact) mass is 370 g/mol. The highest BCUT2D eigenvalue weighted by Crippen LogP contribution is 2.29. The van der Waals surface area contributed by atoms with Gasteiger partial charge in [-0.2, -0.15) is 8.78 Å². The average Bonchev–Trinajstić information content (AvgIpc) is 3.04. The molecule has 1 heterocycles. The lowest BCUT2D eigenvalue weighted by molar-refractivity contribution is -0.0504. The van der Waals surface area contributed by atoms with Gasteiger partial charge in [0, 0.05) is 34.3 Å². The Labute approximate surface area is 155 Å². The number of fused-ring (bicyclic) bond motifs is 3. The van der Waals surface area contributed by atoms with E-state index in [2.05, 4.69) is 15.0 Å². The van der Waals surface area contributed by atoms with Crippen molar-refractivity contribution in [1.29, 1.82) is 0 Å². The number of para-hydroxylation sites is 1. The van der Waals surface area contributed by atoms with E-state index in [0.717, 1.165) is 30.2 Å². The Bertz CT molecular complexity index is 981. The van der Waals surface area contributed by atoms with Crippen molar-refractivity contribution in [1.82, 2.24) is 10.3 Å². The van der Waals surface area contributed by atoms with Gasteiger partial charge in [0.25, 0.3) is 5.91 Å². The van der Waals surface area contributed by atoms with E-state index >= 15 is 0 Å². The lowest BCUT2D eigenvalue weighted by Crippen LogP contribution is -2.23. The van der Waals surface area contributed by atoms with E-state index < -0.39 is 6.61 Å². The molecule has 1 aliphatic carbocycles. The summed E-state index contributed by atoms with van der Waals surface area (Å²) in [6.07, 6.45) is 4.43. The van der Waals surface area contributed by atoms with Crippen molar-refractivity contribution in [3.8, 4) is 5.75 Å². The summed E-state index contributed by atoms with van der Waals surface area (Å²) in [5, 5.41) is 3.89. The Kier molecular flexibility index (Phi) is 4.79. The lowest BCUT2D eigenvalue weighted by Gasteiger charge is -2.12. The Morgan fingerprint density at radius 3 is 2.81 bits per heavy atom. The molecule has 0 aliphatic heterocycles. The standard InChI is InChI=1S/C21H20F2N2O2/c22-21(23)27-19-8-4-1-5-14(19)12-24-20(26)13-9-10-18-16(11-13)15-6-2-3-7-17(15)25-18/h1,4-5,8-11,21,25H,2-3,6-7,12H2,(H,24,26). The van der Waals surface area contributed by atoms with Crippen LogP contribution in [0.5, 0.6) is 5.75 Å². The van der Waals surface area contributed by atoms with E-state index in [9.17, 15) is 13.6 Å². The van der Waals surface area contributed by atoms with Crippen molar-refractivity contribution < 1.29 is 18.3 Å². The van der Waals surface area contributed by atoms with Crippen LogP contribution in [0.15, 0.2) is 42.5 Å². The van der Waals surface area contributed by atoms with Crippen molar-refractivity contribution in [3.63, 3.8) is 0 Å². The highest BCUT2D eigenvalue weighted by atomic mass is 19.3. The number of hydrogen-bond acceptors (Lipinski definition) is 2. The molecule has 0 atom stereocenters. The van der Waals surface area contributed by atoms with Crippen LogP contribution < -0.4 is 10.1 Å². The third kappa shape index (κ3) is 3.65. The fraction of sp³-hybridized carbons (Fsp3) is 0.286. The van der Waals surface area contributed by atoms with Gasteiger partial charge in [-0.15, -0.1) is 0 Å². The summed E-state index contributed by atoms with van der Waals surface area (Å²) in [6, 6.07) is 12.1. The Hall–Kier alpha value is -2.89.